The molecule has 0 aliphatic rings. The van der Waals surface area contributed by atoms with Gasteiger partial charge in [-0.05, 0) is 50.5 Å². The van der Waals surface area contributed by atoms with Crippen LogP contribution in [0, 0.1) is 0 Å². The minimum absolute atomic E-state index is 1.20. The molecular weight excluding hydrogens is 474 g/mol. The molecule has 0 spiro atoms. The highest BCUT2D eigenvalue weighted by Gasteiger charge is 2.23. The lowest BCUT2D eigenvalue weighted by atomic mass is 9.83. The Morgan fingerprint density at radius 3 is 0.821 bits per heavy atom. The van der Waals surface area contributed by atoms with E-state index in [-0.39, 0.29) is 0 Å². The van der Waals surface area contributed by atoms with E-state index in [1.165, 1.54) is 97.3 Å². The van der Waals surface area contributed by atoms with Crippen molar-refractivity contribution in [2.75, 3.05) is 0 Å². The van der Waals surface area contributed by atoms with Crippen molar-refractivity contribution in [1.82, 2.24) is 15.0 Å². The second-order valence-corrected chi connectivity index (χ2v) is 10.7. The molecule has 0 amide bonds. The molecule has 3 N–H and O–H groups in total. The van der Waals surface area contributed by atoms with Crippen molar-refractivity contribution in [3.05, 3.63) is 110 Å². The molecule has 0 atom stereocenters. The molecule has 180 valence electrons. The van der Waals surface area contributed by atoms with Crippen LogP contribution in [0.4, 0.5) is 0 Å². The van der Waals surface area contributed by atoms with Crippen LogP contribution in [0.15, 0.2) is 110 Å². The number of aromatic amines is 3. The summed E-state index contributed by atoms with van der Waals surface area (Å²) in [6.07, 6.45) is 6.28. The Morgan fingerprint density at radius 2 is 0.513 bits per heavy atom. The molecular formula is C36H21N3. The van der Waals surface area contributed by atoms with Gasteiger partial charge in [0.25, 0.3) is 0 Å². The van der Waals surface area contributed by atoms with E-state index < -0.39 is 0 Å². The zero-order valence-corrected chi connectivity index (χ0v) is 20.9. The number of rotatable bonds is 0. The van der Waals surface area contributed by atoms with Gasteiger partial charge in [-0.1, -0.05) is 72.8 Å². The SMILES string of the molecule is c1ccc2c(c1)c1[nH]ccc1c1c3c4ccccc4c4[nH]ccc4c3c3c4ccccc4c4[nH]ccc4c3c21. The molecule has 10 aromatic rings. The van der Waals surface area contributed by atoms with Crippen LogP contribution >= 0.6 is 0 Å². The topological polar surface area (TPSA) is 47.4 Å². The molecule has 3 nitrogen and oxygen atoms in total. The van der Waals surface area contributed by atoms with E-state index in [9.17, 15) is 0 Å². The summed E-state index contributed by atoms with van der Waals surface area (Å²) < 4.78 is 0. The fourth-order valence-corrected chi connectivity index (χ4v) is 7.53. The predicted octanol–water partition coefficient (Wildman–Crippen LogP) is 10.0. The summed E-state index contributed by atoms with van der Waals surface area (Å²) in [5.74, 6) is 0. The van der Waals surface area contributed by atoms with E-state index in [1.54, 1.807) is 0 Å². The molecule has 0 radical (unpaired) electrons. The molecule has 0 saturated heterocycles. The van der Waals surface area contributed by atoms with Crippen LogP contribution in [-0.2, 0) is 0 Å². The van der Waals surface area contributed by atoms with Crippen molar-refractivity contribution in [2.45, 2.75) is 0 Å². The number of H-pyrrole nitrogens is 3. The van der Waals surface area contributed by atoms with Crippen LogP contribution < -0.4 is 0 Å². The van der Waals surface area contributed by atoms with Crippen molar-refractivity contribution in [2.24, 2.45) is 0 Å². The van der Waals surface area contributed by atoms with Gasteiger partial charge in [-0.15, -0.1) is 0 Å². The van der Waals surface area contributed by atoms with Crippen LogP contribution in [0.25, 0.3) is 97.3 Å². The first-order chi connectivity index (χ1) is 19.4. The lowest BCUT2D eigenvalue weighted by Crippen LogP contribution is -1.92. The fraction of sp³-hybridized carbons (Fsp3) is 0. The Balaban J connectivity index is 1.77. The van der Waals surface area contributed by atoms with E-state index in [0.29, 0.717) is 0 Å². The lowest BCUT2D eigenvalue weighted by Gasteiger charge is -2.19. The Kier molecular flexibility index (Phi) is 3.44. The molecule has 39 heavy (non-hydrogen) atoms. The van der Waals surface area contributed by atoms with Gasteiger partial charge >= 0.3 is 0 Å². The summed E-state index contributed by atoms with van der Waals surface area (Å²) in [6, 6.07) is 33.4. The van der Waals surface area contributed by atoms with Gasteiger partial charge in [-0.3, -0.25) is 0 Å². The van der Waals surface area contributed by atoms with Crippen molar-refractivity contribution in [3.63, 3.8) is 0 Å². The summed E-state index contributed by atoms with van der Waals surface area (Å²) in [5.41, 5.74) is 3.59. The van der Waals surface area contributed by atoms with Crippen molar-refractivity contribution in [3.8, 4) is 0 Å². The van der Waals surface area contributed by atoms with Crippen LogP contribution in [0.2, 0.25) is 0 Å². The highest BCUT2D eigenvalue weighted by atomic mass is 14.7. The Morgan fingerprint density at radius 1 is 0.256 bits per heavy atom. The van der Waals surface area contributed by atoms with Crippen LogP contribution in [0.1, 0.15) is 0 Å². The van der Waals surface area contributed by atoms with E-state index in [0.717, 1.165) is 0 Å². The van der Waals surface area contributed by atoms with E-state index >= 15 is 0 Å². The fourth-order valence-electron chi connectivity index (χ4n) is 7.53. The zero-order valence-electron chi connectivity index (χ0n) is 20.9. The second-order valence-electron chi connectivity index (χ2n) is 10.7. The average molecular weight is 496 g/mol. The molecule has 0 saturated carbocycles. The van der Waals surface area contributed by atoms with Gasteiger partial charge in [-0.25, -0.2) is 0 Å². The highest BCUT2D eigenvalue weighted by Crippen LogP contribution is 2.51. The maximum Gasteiger partial charge on any atom is 0.0540 e. The molecule has 0 unspecified atom stereocenters. The lowest BCUT2D eigenvalue weighted by molar-refractivity contribution is 1.49. The van der Waals surface area contributed by atoms with Gasteiger partial charge in [0.05, 0.1) is 16.6 Å². The van der Waals surface area contributed by atoms with Crippen LogP contribution in [-0.4, -0.2) is 15.0 Å². The summed E-state index contributed by atoms with van der Waals surface area (Å²) >= 11 is 0. The van der Waals surface area contributed by atoms with Gasteiger partial charge < -0.3 is 15.0 Å². The van der Waals surface area contributed by atoms with Crippen LogP contribution in [0.3, 0.4) is 0 Å². The maximum atomic E-state index is 3.60. The molecule has 0 fully saturated rings. The second kappa shape index (κ2) is 6.77. The highest BCUT2D eigenvalue weighted by molar-refractivity contribution is 6.51. The summed E-state index contributed by atoms with van der Waals surface area (Å²) in [7, 11) is 0. The van der Waals surface area contributed by atoms with Crippen molar-refractivity contribution >= 4 is 97.3 Å². The summed E-state index contributed by atoms with van der Waals surface area (Å²) in [5, 5.41) is 19.4. The van der Waals surface area contributed by atoms with E-state index in [4.69, 9.17) is 0 Å². The molecule has 3 heteroatoms. The summed E-state index contributed by atoms with van der Waals surface area (Å²) in [4.78, 5) is 10.8. The molecule has 0 aliphatic carbocycles. The Hall–Kier alpha value is -5.28. The quantitative estimate of drug-likeness (QED) is 0.175. The molecule has 7 aromatic carbocycles. The number of fused-ring (bicyclic) bond motifs is 21. The molecule has 3 heterocycles. The average Bonchev–Trinajstić information content (AvgIpc) is 3.77. The van der Waals surface area contributed by atoms with Gasteiger partial charge in [-0.2, -0.15) is 0 Å². The number of nitrogens with one attached hydrogen (secondary N) is 3. The third kappa shape index (κ3) is 2.23. The number of hydrogen-bond donors (Lipinski definition) is 3. The van der Waals surface area contributed by atoms with Crippen molar-refractivity contribution in [1.29, 1.82) is 0 Å². The van der Waals surface area contributed by atoms with Gasteiger partial charge in [0, 0.05) is 67.1 Å². The first-order valence-electron chi connectivity index (χ1n) is 13.5. The van der Waals surface area contributed by atoms with E-state index in [1.807, 2.05) is 0 Å². The monoisotopic (exact) mass is 495 g/mol. The minimum atomic E-state index is 1.20. The molecule has 10 rings (SSSR count). The number of aromatic nitrogens is 3. The third-order valence-electron chi connectivity index (χ3n) is 8.95. The van der Waals surface area contributed by atoms with Crippen LogP contribution in [0.5, 0.6) is 0 Å². The Labute approximate surface area is 221 Å². The van der Waals surface area contributed by atoms with Gasteiger partial charge in [0.1, 0.15) is 0 Å². The minimum Gasteiger partial charge on any atom is -0.361 e. The normalized spacial score (nSPS) is 12.6. The predicted molar refractivity (Wildman–Crippen MR) is 167 cm³/mol. The molecule has 0 bridgehead atoms. The van der Waals surface area contributed by atoms with Crippen molar-refractivity contribution < 1.29 is 0 Å². The number of benzene rings is 7. The third-order valence-corrected chi connectivity index (χ3v) is 8.95. The molecule has 0 aliphatic heterocycles. The van der Waals surface area contributed by atoms with Gasteiger partial charge in [0.15, 0.2) is 0 Å². The largest absolute Gasteiger partial charge is 0.361 e. The molecule has 3 aromatic heterocycles. The Bertz CT molecular complexity index is 2340. The first kappa shape index (κ1) is 19.8. The summed E-state index contributed by atoms with van der Waals surface area (Å²) in [6.45, 7) is 0. The maximum absolute atomic E-state index is 3.60. The van der Waals surface area contributed by atoms with E-state index in [2.05, 4.69) is 125 Å². The van der Waals surface area contributed by atoms with Gasteiger partial charge in [0.2, 0.25) is 0 Å². The smallest absolute Gasteiger partial charge is 0.0540 e. The zero-order chi connectivity index (χ0) is 25.2. The first-order valence-corrected chi connectivity index (χ1v) is 13.5. The number of hydrogen-bond acceptors (Lipinski definition) is 0. The standard InChI is InChI=1S/C36H21N3/c1-4-10-22-19(7-1)28-31(25-13-16-37-34(22)25)29-21-9-3-6-12-24(21)36-27(15-18-39-36)33(29)30-20-8-2-5-11-23(20)35-26(32(28)30)14-17-38-35/h1-18,37-39H.